The van der Waals surface area contributed by atoms with Crippen LogP contribution in [0.2, 0.25) is 0 Å². The van der Waals surface area contributed by atoms with Gasteiger partial charge in [-0.3, -0.25) is 0 Å². The highest BCUT2D eigenvalue weighted by Gasteiger charge is 2.33. The molecule has 0 N–H and O–H groups in total. The molecule has 129 heavy (non-hydrogen) atoms. The molecule has 0 atom stereocenters. The number of rotatable bonds is 3. The van der Waals surface area contributed by atoms with Gasteiger partial charge >= 0.3 is 0 Å². The van der Waals surface area contributed by atoms with Crippen molar-refractivity contribution in [1.29, 1.82) is 0 Å². The molecule has 0 aliphatic heterocycles. The molecule has 9 aromatic heterocycles. The second kappa shape index (κ2) is 25.9. The zero-order valence-corrected chi connectivity index (χ0v) is 73.6. The molecule has 21 aromatic carbocycles. The van der Waals surface area contributed by atoms with Gasteiger partial charge in [-0.2, -0.15) is 0 Å². The van der Waals surface area contributed by atoms with E-state index in [9.17, 15) is 0 Å². The van der Waals surface area contributed by atoms with Gasteiger partial charge < -0.3 is 13.7 Å². The summed E-state index contributed by atoms with van der Waals surface area (Å²) >= 11 is 11.5. The van der Waals surface area contributed by atoms with Crippen LogP contribution in [0.4, 0.5) is 0 Å². The normalized spacial score (nSPS) is 12.7. The molecule has 0 saturated heterocycles. The van der Waals surface area contributed by atoms with Gasteiger partial charge in [0.2, 0.25) is 0 Å². The summed E-state index contributed by atoms with van der Waals surface area (Å²) in [6.07, 6.45) is 0. The van der Waals surface area contributed by atoms with E-state index in [1.54, 1.807) is 0 Å². The summed E-state index contributed by atoms with van der Waals surface area (Å²) in [7, 11) is 0. The topological polar surface area (TPSA) is 14.8 Å². The van der Waals surface area contributed by atoms with Crippen molar-refractivity contribution in [1.82, 2.24) is 13.7 Å². The summed E-state index contributed by atoms with van der Waals surface area (Å²) in [4.78, 5) is 0. The lowest BCUT2D eigenvalue weighted by Crippen LogP contribution is -1.95. The van der Waals surface area contributed by atoms with Crippen LogP contribution in [-0.4, -0.2) is 13.7 Å². The first-order valence-electron chi connectivity index (χ1n) is 44.1. The van der Waals surface area contributed by atoms with Crippen molar-refractivity contribution < 1.29 is 0 Å². The van der Waals surface area contributed by atoms with E-state index in [1.807, 2.05) is 68.0 Å². The predicted molar refractivity (Wildman–Crippen MR) is 565 cm³/mol. The Morgan fingerprint density at radius 3 is 0.783 bits per heavy atom. The number of hydrogen-bond acceptors (Lipinski definition) is 6. The van der Waals surface area contributed by atoms with Gasteiger partial charge in [-0.1, -0.05) is 279 Å². The average Bonchev–Trinajstić information content (AvgIpc) is 1.54. The molecule has 9 heterocycles. The van der Waals surface area contributed by atoms with Crippen LogP contribution in [-0.2, 0) is 0 Å². The lowest BCUT2D eigenvalue weighted by atomic mass is 9.98. The van der Waals surface area contributed by atoms with Crippen molar-refractivity contribution in [3.63, 3.8) is 0 Å². The molecule has 0 spiro atoms. The Hall–Kier alpha value is -14.9. The summed E-state index contributed by atoms with van der Waals surface area (Å²) in [6, 6.07) is 143. The van der Waals surface area contributed by atoms with Gasteiger partial charge in [-0.25, -0.2) is 0 Å². The average molecular weight is 1740 g/mol. The monoisotopic (exact) mass is 1740 g/mol. The molecule has 0 fully saturated rings. The quantitative estimate of drug-likeness (QED) is 0.167. The Labute approximate surface area is 759 Å². The molecule has 33 rings (SSSR count). The molecule has 0 bridgehead atoms. The number of thiophene rings is 6. The van der Waals surface area contributed by atoms with E-state index in [0.29, 0.717) is 0 Å². The van der Waals surface area contributed by atoms with E-state index < -0.39 is 0 Å². The first-order chi connectivity index (χ1) is 64.0. The maximum atomic E-state index is 2.51. The predicted octanol–water partition coefficient (Wildman–Crippen LogP) is 37.0. The third-order valence-electron chi connectivity index (χ3n) is 28.6. The van der Waals surface area contributed by atoms with Crippen LogP contribution < -0.4 is 0 Å². The van der Waals surface area contributed by atoms with Gasteiger partial charge in [0.25, 0.3) is 0 Å². The minimum absolute atomic E-state index is 1.24. The molecule has 9 heteroatoms. The van der Waals surface area contributed by atoms with Gasteiger partial charge in [0.15, 0.2) is 0 Å². The highest BCUT2D eigenvalue weighted by atomic mass is 32.1. The van der Waals surface area contributed by atoms with Crippen LogP contribution in [0.1, 0.15) is 0 Å². The second-order valence-electron chi connectivity index (χ2n) is 34.8. The molecule has 0 unspecified atom stereocenters. The molecule has 3 aliphatic carbocycles. The summed E-state index contributed by atoms with van der Waals surface area (Å²) in [5.41, 5.74) is 27.6. The number of hydrogen-bond donors (Lipinski definition) is 0. The fraction of sp³-hybridized carbons (Fsp3) is 0. The number of nitrogens with zero attached hydrogens (tertiary/aromatic N) is 3. The standard InChI is InChI=1S/3C40H21NS2/c1-4-13-31-29(10-1)38-33(21-18-27-23-9-3-6-15-35(23)43-40(27)38)41(31)32-20-19-30-36-24(11-7-12-28(32)36)25-16-17-26-22-8-2-5-14-34(22)42-39(26)37(25)30;1-4-13-30-27(9-1)38-32(20-16-25-22-8-2-5-14-33(22)43-40(25)38)41(30)31-19-17-29-36-23(11-7-12-26(31)36)24-18-21-35-39(37(24)29)28-10-3-6-15-34(28)42-35;1-4-13-30-27(9-1)38-32(20-17-25-22-8-2-5-14-33(22)43-40(25)38)41(30)31-19-16-23-24-18-21-35-39(28-10-3-6-15-34(28)42-35)37(24)29-12-7-11-26(31)36(23)29/h3*1-21H. The van der Waals surface area contributed by atoms with Gasteiger partial charge in [-0.05, 0) is 180 Å². The first-order valence-corrected chi connectivity index (χ1v) is 49.0. The van der Waals surface area contributed by atoms with Crippen molar-refractivity contribution in [2.45, 2.75) is 0 Å². The van der Waals surface area contributed by atoms with Crippen molar-refractivity contribution in [2.75, 3.05) is 0 Å². The van der Waals surface area contributed by atoms with Crippen LogP contribution in [0.15, 0.2) is 382 Å². The maximum Gasteiger partial charge on any atom is 0.0556 e. The fourth-order valence-electron chi connectivity index (χ4n) is 23.5. The number of fused-ring (bicyclic) bond motifs is 42. The van der Waals surface area contributed by atoms with Crippen LogP contribution in [0, 0.1) is 0 Å². The van der Waals surface area contributed by atoms with Crippen LogP contribution in [0.3, 0.4) is 0 Å². The zero-order chi connectivity index (χ0) is 83.4. The Morgan fingerprint density at radius 2 is 0.388 bits per heavy atom. The second-order valence-corrected chi connectivity index (χ2v) is 41.2. The highest BCUT2D eigenvalue weighted by Crippen LogP contribution is 2.60. The summed E-state index contributed by atoms with van der Waals surface area (Å²) in [5.74, 6) is 0. The van der Waals surface area contributed by atoms with Gasteiger partial charge in [0.05, 0.1) is 50.2 Å². The lowest BCUT2D eigenvalue weighted by molar-refractivity contribution is 1.20. The summed E-state index contributed by atoms with van der Waals surface area (Å²) < 4.78 is 23.9. The van der Waals surface area contributed by atoms with Crippen molar-refractivity contribution in [3.05, 3.63) is 382 Å². The Bertz CT molecular complexity index is 10000. The SMILES string of the molecule is c1ccc2c(c1)sc1c2ccc2c1c1ccccc1n2-c1ccc2c3c(cccc13)-c1c-2ccc2sc3ccccc3c12.c1ccc2c(c1)sc1c2ccc2c1c1ccccc1n2-c1ccc2c3c(cccc13)-c1ccc3sc4ccccc4c3c1-2.c1ccc2c(c1)sc1c3c(ccc12)-c1cccc2c(-n4c5ccccc5c5c6sc7ccccc7c6ccc54)ccc-3c12. The maximum absolute atomic E-state index is 2.51. The largest absolute Gasteiger partial charge is 0.309 e. The molecular weight excluding hydrogens is 1680 g/mol. The molecule has 0 saturated carbocycles. The van der Waals surface area contributed by atoms with Crippen LogP contribution in [0.25, 0.3) is 303 Å². The fourth-order valence-corrected chi connectivity index (χ4v) is 30.7. The molecule has 3 aliphatic rings. The van der Waals surface area contributed by atoms with E-state index in [-0.39, 0.29) is 0 Å². The Balaban J connectivity index is 0.0000000919. The minimum atomic E-state index is 1.24. The van der Waals surface area contributed by atoms with Crippen molar-refractivity contribution >= 4 is 287 Å². The van der Waals surface area contributed by atoms with E-state index in [0.717, 1.165) is 0 Å². The first kappa shape index (κ1) is 70.3. The zero-order valence-electron chi connectivity index (χ0n) is 68.7. The number of para-hydroxylation sites is 3. The van der Waals surface area contributed by atoms with Crippen LogP contribution >= 0.6 is 68.0 Å². The third kappa shape index (κ3) is 9.32. The molecule has 594 valence electrons. The molecule has 3 nitrogen and oxygen atoms in total. The van der Waals surface area contributed by atoms with Crippen LogP contribution in [0.5, 0.6) is 0 Å². The van der Waals surface area contributed by atoms with Gasteiger partial charge in [-0.15, -0.1) is 68.0 Å². The molecule has 30 aromatic rings. The van der Waals surface area contributed by atoms with Gasteiger partial charge in [0, 0.05) is 175 Å². The molecular formula is C120H63N3S6. The summed E-state index contributed by atoms with van der Waals surface area (Å²) in [5, 5.41) is 32.3. The molecule has 0 radical (unpaired) electrons. The Morgan fingerprint density at radius 1 is 0.124 bits per heavy atom. The minimum Gasteiger partial charge on any atom is -0.309 e. The van der Waals surface area contributed by atoms with Crippen molar-refractivity contribution in [2.24, 2.45) is 0 Å². The van der Waals surface area contributed by atoms with E-state index in [1.165, 1.54) is 303 Å². The number of benzene rings is 21. The van der Waals surface area contributed by atoms with E-state index >= 15 is 0 Å². The lowest BCUT2D eigenvalue weighted by Gasteiger charge is -2.13. The smallest absolute Gasteiger partial charge is 0.0556 e. The van der Waals surface area contributed by atoms with E-state index in [4.69, 9.17) is 0 Å². The van der Waals surface area contributed by atoms with Crippen molar-refractivity contribution in [3.8, 4) is 83.8 Å². The summed E-state index contributed by atoms with van der Waals surface area (Å²) in [6.45, 7) is 0. The Kier molecular flexibility index (Phi) is 14.1. The highest BCUT2D eigenvalue weighted by molar-refractivity contribution is 7.28. The van der Waals surface area contributed by atoms with E-state index in [2.05, 4.69) is 396 Å². The third-order valence-corrected chi connectivity index (χ3v) is 35.7. The van der Waals surface area contributed by atoms with Gasteiger partial charge in [0.1, 0.15) is 0 Å². The molecule has 0 amide bonds. The number of aromatic nitrogens is 3.